The number of hydrogen-bond acceptors (Lipinski definition) is 4. The third-order valence-corrected chi connectivity index (χ3v) is 4.84. The molecule has 1 fully saturated rings. The number of rotatable bonds is 6. The summed E-state index contributed by atoms with van der Waals surface area (Å²) in [4.78, 5) is 11.8. The summed E-state index contributed by atoms with van der Waals surface area (Å²) >= 11 is 0. The van der Waals surface area contributed by atoms with Crippen molar-refractivity contribution in [1.82, 2.24) is 0 Å². The predicted octanol–water partition coefficient (Wildman–Crippen LogP) is 3.53. The van der Waals surface area contributed by atoms with E-state index in [1.807, 2.05) is 42.5 Å². The van der Waals surface area contributed by atoms with Gasteiger partial charge in [0.2, 0.25) is 5.54 Å². The molecule has 2 atom stereocenters. The van der Waals surface area contributed by atoms with Crippen molar-refractivity contribution in [2.24, 2.45) is 5.92 Å². The van der Waals surface area contributed by atoms with Gasteiger partial charge in [0.15, 0.2) is 0 Å². The Labute approximate surface area is 147 Å². The first kappa shape index (κ1) is 17.4. The molecule has 2 aromatic rings. The number of benzene rings is 2. The van der Waals surface area contributed by atoms with E-state index in [-0.39, 0.29) is 17.4 Å². The second-order valence-corrected chi connectivity index (χ2v) is 6.78. The molecule has 1 saturated heterocycles. The summed E-state index contributed by atoms with van der Waals surface area (Å²) in [6.45, 7) is 0.740. The first-order chi connectivity index (χ1) is 12.1. The molecular formula is C20H23NO4. The second-order valence-electron chi connectivity index (χ2n) is 6.78. The number of ether oxygens (including phenoxy) is 2. The predicted molar refractivity (Wildman–Crippen MR) is 95.5 cm³/mol. The largest absolute Gasteiger partial charge is 0.497 e. The van der Waals surface area contributed by atoms with Crippen LogP contribution in [0.15, 0.2) is 54.6 Å². The molecule has 1 heterocycles. The molecule has 0 spiro atoms. The zero-order chi connectivity index (χ0) is 17.7. The Balaban J connectivity index is 1.75. The normalized spacial score (nSPS) is 23.2. The summed E-state index contributed by atoms with van der Waals surface area (Å²) in [7, 11) is 1.61. The van der Waals surface area contributed by atoms with E-state index in [4.69, 9.17) is 9.47 Å². The van der Waals surface area contributed by atoms with Crippen molar-refractivity contribution in [2.75, 3.05) is 20.3 Å². The summed E-state index contributed by atoms with van der Waals surface area (Å²) in [6, 6.07) is 17.6. The number of nitro groups is 1. The van der Waals surface area contributed by atoms with Gasteiger partial charge >= 0.3 is 0 Å². The van der Waals surface area contributed by atoms with Crippen molar-refractivity contribution in [2.45, 2.75) is 24.8 Å². The standard InChI is InChI=1S/C20H23NO4/c1-24-19-9-7-17(8-10-19)12-20(21(22)23)13-18(14-25-15-20)11-16-5-3-2-4-6-16/h2-10,18H,11-15H2,1H3. The molecule has 0 bridgehead atoms. The minimum absolute atomic E-state index is 0.144. The second kappa shape index (κ2) is 7.66. The maximum Gasteiger partial charge on any atom is 0.249 e. The highest BCUT2D eigenvalue weighted by atomic mass is 16.6. The van der Waals surface area contributed by atoms with Gasteiger partial charge in [-0.2, -0.15) is 0 Å². The van der Waals surface area contributed by atoms with Crippen LogP contribution in [0.25, 0.3) is 0 Å². The van der Waals surface area contributed by atoms with Gasteiger partial charge in [-0.25, -0.2) is 0 Å². The Morgan fingerprint density at radius 1 is 1.16 bits per heavy atom. The highest BCUT2D eigenvalue weighted by Gasteiger charge is 2.48. The van der Waals surface area contributed by atoms with Crippen molar-refractivity contribution in [3.8, 4) is 5.75 Å². The van der Waals surface area contributed by atoms with E-state index < -0.39 is 5.54 Å². The molecule has 0 saturated carbocycles. The molecule has 5 nitrogen and oxygen atoms in total. The van der Waals surface area contributed by atoms with Gasteiger partial charge in [-0.3, -0.25) is 10.1 Å². The molecule has 0 aliphatic carbocycles. The SMILES string of the molecule is COc1ccc(CC2([N+](=O)[O-])COCC(Cc3ccccc3)C2)cc1. The van der Waals surface area contributed by atoms with E-state index in [2.05, 4.69) is 12.1 Å². The van der Waals surface area contributed by atoms with Crippen LogP contribution >= 0.6 is 0 Å². The zero-order valence-corrected chi connectivity index (χ0v) is 14.4. The van der Waals surface area contributed by atoms with Crippen LogP contribution in [0.4, 0.5) is 0 Å². The average molecular weight is 341 g/mol. The van der Waals surface area contributed by atoms with Crippen molar-refractivity contribution >= 4 is 0 Å². The Bertz CT molecular complexity index is 701. The van der Waals surface area contributed by atoms with Crippen LogP contribution in [0.2, 0.25) is 0 Å². The number of methoxy groups -OCH3 is 1. The van der Waals surface area contributed by atoms with Gasteiger partial charge in [-0.05, 0) is 35.6 Å². The van der Waals surface area contributed by atoms with E-state index in [0.717, 1.165) is 17.7 Å². The van der Waals surface area contributed by atoms with Gasteiger partial charge in [0.05, 0.1) is 13.7 Å². The molecule has 1 aliphatic heterocycles. The van der Waals surface area contributed by atoms with Crippen LogP contribution in [-0.4, -0.2) is 30.8 Å². The van der Waals surface area contributed by atoms with Crippen molar-refractivity contribution in [1.29, 1.82) is 0 Å². The maximum atomic E-state index is 11.9. The molecule has 1 aliphatic rings. The van der Waals surface area contributed by atoms with Gasteiger partial charge in [0.1, 0.15) is 12.4 Å². The summed E-state index contributed by atoms with van der Waals surface area (Å²) < 4.78 is 10.8. The van der Waals surface area contributed by atoms with E-state index in [1.54, 1.807) is 7.11 Å². The molecule has 132 valence electrons. The lowest BCUT2D eigenvalue weighted by Crippen LogP contribution is -2.51. The van der Waals surface area contributed by atoms with Crippen LogP contribution in [0.1, 0.15) is 17.5 Å². The lowest BCUT2D eigenvalue weighted by atomic mass is 9.79. The lowest BCUT2D eigenvalue weighted by molar-refractivity contribution is -0.581. The Hall–Kier alpha value is -2.40. The topological polar surface area (TPSA) is 61.6 Å². The van der Waals surface area contributed by atoms with Crippen LogP contribution in [0.5, 0.6) is 5.75 Å². The maximum absolute atomic E-state index is 11.9. The van der Waals surface area contributed by atoms with Crippen molar-refractivity contribution in [3.63, 3.8) is 0 Å². The van der Waals surface area contributed by atoms with Crippen LogP contribution in [0.3, 0.4) is 0 Å². The summed E-state index contributed by atoms with van der Waals surface area (Å²) in [6.07, 6.45) is 1.70. The Kier molecular flexibility index (Phi) is 5.34. The monoisotopic (exact) mass is 341 g/mol. The van der Waals surface area contributed by atoms with Crippen LogP contribution in [0, 0.1) is 16.0 Å². The molecule has 5 heteroatoms. The van der Waals surface area contributed by atoms with Gasteiger partial charge in [-0.1, -0.05) is 42.5 Å². The van der Waals surface area contributed by atoms with Crippen molar-refractivity contribution in [3.05, 3.63) is 75.8 Å². The van der Waals surface area contributed by atoms with E-state index in [9.17, 15) is 10.1 Å². The number of nitrogens with zero attached hydrogens (tertiary/aromatic N) is 1. The molecule has 0 N–H and O–H groups in total. The van der Waals surface area contributed by atoms with Gasteiger partial charge < -0.3 is 9.47 Å². The number of hydrogen-bond donors (Lipinski definition) is 0. The first-order valence-electron chi connectivity index (χ1n) is 8.50. The Morgan fingerprint density at radius 2 is 1.88 bits per heavy atom. The van der Waals surface area contributed by atoms with Crippen LogP contribution < -0.4 is 4.74 Å². The van der Waals surface area contributed by atoms with E-state index >= 15 is 0 Å². The summed E-state index contributed by atoms with van der Waals surface area (Å²) in [5.74, 6) is 0.903. The third-order valence-electron chi connectivity index (χ3n) is 4.84. The molecule has 2 unspecified atom stereocenters. The minimum Gasteiger partial charge on any atom is -0.497 e. The zero-order valence-electron chi connectivity index (χ0n) is 14.4. The minimum atomic E-state index is -1.06. The molecule has 25 heavy (non-hydrogen) atoms. The quantitative estimate of drug-likeness (QED) is 0.596. The molecule has 0 radical (unpaired) electrons. The smallest absolute Gasteiger partial charge is 0.249 e. The first-order valence-corrected chi connectivity index (χ1v) is 8.50. The summed E-state index contributed by atoms with van der Waals surface area (Å²) in [5.41, 5.74) is 1.06. The van der Waals surface area contributed by atoms with E-state index in [0.29, 0.717) is 19.4 Å². The molecular weight excluding hydrogens is 318 g/mol. The molecule has 3 rings (SSSR count). The van der Waals surface area contributed by atoms with Gasteiger partial charge in [0, 0.05) is 17.8 Å². The molecule has 0 amide bonds. The lowest BCUT2D eigenvalue weighted by Gasteiger charge is -2.34. The summed E-state index contributed by atoms with van der Waals surface area (Å²) in [5, 5.41) is 11.9. The van der Waals surface area contributed by atoms with Gasteiger partial charge in [0.25, 0.3) is 0 Å². The van der Waals surface area contributed by atoms with Crippen molar-refractivity contribution < 1.29 is 14.4 Å². The third kappa shape index (κ3) is 4.17. The van der Waals surface area contributed by atoms with E-state index in [1.165, 1.54) is 5.56 Å². The van der Waals surface area contributed by atoms with Crippen LogP contribution in [-0.2, 0) is 17.6 Å². The fourth-order valence-electron chi connectivity index (χ4n) is 3.59. The van der Waals surface area contributed by atoms with Gasteiger partial charge in [-0.15, -0.1) is 0 Å². The fraction of sp³-hybridized carbons (Fsp3) is 0.400. The molecule has 0 aromatic heterocycles. The highest BCUT2D eigenvalue weighted by molar-refractivity contribution is 5.28. The fourth-order valence-corrected chi connectivity index (χ4v) is 3.59. The highest BCUT2D eigenvalue weighted by Crippen LogP contribution is 2.32. The molecule has 2 aromatic carbocycles. The Morgan fingerprint density at radius 3 is 2.52 bits per heavy atom. The average Bonchev–Trinajstić information content (AvgIpc) is 2.63.